The lowest BCUT2D eigenvalue weighted by molar-refractivity contribution is -0.118. The Morgan fingerprint density at radius 1 is 1.26 bits per heavy atom. The molecule has 1 aliphatic rings. The maximum atomic E-state index is 12.3. The fourth-order valence-corrected chi connectivity index (χ4v) is 5.86. The average molecular weight is 418 g/mol. The first kappa shape index (κ1) is 18.7. The van der Waals surface area contributed by atoms with Gasteiger partial charge in [0, 0.05) is 21.8 Å². The lowest BCUT2D eigenvalue weighted by atomic mass is 9.97. The van der Waals surface area contributed by atoms with Crippen molar-refractivity contribution >= 4 is 50.8 Å². The Balaban J connectivity index is 1.48. The molecule has 0 bridgehead atoms. The normalized spacial score (nSPS) is 13.6. The van der Waals surface area contributed by atoms with E-state index in [9.17, 15) is 4.79 Å². The minimum atomic E-state index is -0.0200. The Kier molecular flexibility index (Phi) is 5.66. The second-order valence-electron chi connectivity index (χ2n) is 6.62. The van der Waals surface area contributed by atoms with Crippen LogP contribution in [0.3, 0.4) is 0 Å². The summed E-state index contributed by atoms with van der Waals surface area (Å²) in [4.78, 5) is 24.1. The molecule has 0 aliphatic heterocycles. The van der Waals surface area contributed by atoms with Crippen LogP contribution in [-0.2, 0) is 24.2 Å². The van der Waals surface area contributed by atoms with E-state index < -0.39 is 0 Å². The van der Waals surface area contributed by atoms with E-state index in [1.807, 2.05) is 31.2 Å². The van der Waals surface area contributed by atoms with Crippen molar-refractivity contribution in [3.05, 3.63) is 51.1 Å². The smallest absolute Gasteiger partial charge is 0.230 e. The molecule has 27 heavy (non-hydrogen) atoms. The number of thioether (sulfide) groups is 1. The van der Waals surface area contributed by atoms with Gasteiger partial charge in [0.25, 0.3) is 0 Å². The largest absolute Gasteiger partial charge is 0.351 e. The zero-order valence-electron chi connectivity index (χ0n) is 15.0. The van der Waals surface area contributed by atoms with Crippen molar-refractivity contribution in [1.29, 1.82) is 0 Å². The quantitative estimate of drug-likeness (QED) is 0.471. The number of thiophene rings is 1. The van der Waals surface area contributed by atoms with Gasteiger partial charge >= 0.3 is 0 Å². The molecule has 1 amide bonds. The van der Waals surface area contributed by atoms with Gasteiger partial charge in [0.1, 0.15) is 15.7 Å². The number of halogens is 1. The van der Waals surface area contributed by atoms with Crippen molar-refractivity contribution < 1.29 is 4.79 Å². The number of nitrogens with one attached hydrogen (secondary N) is 1. The summed E-state index contributed by atoms with van der Waals surface area (Å²) in [5, 5.41) is 5.72. The van der Waals surface area contributed by atoms with Crippen molar-refractivity contribution in [2.45, 2.75) is 44.2 Å². The monoisotopic (exact) mass is 417 g/mol. The summed E-state index contributed by atoms with van der Waals surface area (Å²) >= 11 is 9.44. The molecule has 1 aliphatic carbocycles. The van der Waals surface area contributed by atoms with Crippen molar-refractivity contribution in [2.24, 2.45) is 0 Å². The first-order chi connectivity index (χ1) is 13.1. The third-order valence-corrected chi connectivity index (χ3v) is 7.20. The summed E-state index contributed by atoms with van der Waals surface area (Å²) in [5.74, 6) is 1.08. The van der Waals surface area contributed by atoms with Gasteiger partial charge in [-0.15, -0.1) is 11.3 Å². The average Bonchev–Trinajstić information content (AvgIpc) is 3.03. The topological polar surface area (TPSA) is 54.9 Å². The number of rotatable bonds is 5. The molecule has 7 heteroatoms. The van der Waals surface area contributed by atoms with Crippen LogP contribution in [0.2, 0.25) is 5.02 Å². The molecule has 0 radical (unpaired) electrons. The third kappa shape index (κ3) is 4.13. The Morgan fingerprint density at radius 2 is 2.07 bits per heavy atom. The van der Waals surface area contributed by atoms with Crippen molar-refractivity contribution in [3.63, 3.8) is 0 Å². The molecule has 0 spiro atoms. The molecule has 4 rings (SSSR count). The Bertz CT molecular complexity index is 1000. The van der Waals surface area contributed by atoms with Crippen LogP contribution in [0.5, 0.6) is 0 Å². The standard InChI is InChI=1S/C20H20ClN3OS2/c1-12-23-19(18-14-7-3-5-9-16(14)27-20(18)24-12)26-11-17(25)22-10-13-6-2-4-8-15(13)21/h2,4,6,8H,3,5,7,9-11H2,1H3,(H,22,25). The molecule has 2 aromatic heterocycles. The van der Waals surface area contributed by atoms with Crippen LogP contribution in [-0.4, -0.2) is 21.6 Å². The van der Waals surface area contributed by atoms with Gasteiger partial charge in [-0.1, -0.05) is 41.6 Å². The highest BCUT2D eigenvalue weighted by atomic mass is 35.5. The predicted molar refractivity (Wildman–Crippen MR) is 113 cm³/mol. The number of nitrogens with zero attached hydrogens (tertiary/aromatic N) is 2. The number of amides is 1. The molecule has 0 unspecified atom stereocenters. The number of hydrogen-bond acceptors (Lipinski definition) is 5. The van der Waals surface area contributed by atoms with Crippen molar-refractivity contribution in [1.82, 2.24) is 15.3 Å². The molecule has 0 fully saturated rings. The van der Waals surface area contributed by atoms with E-state index in [4.69, 9.17) is 11.6 Å². The molecule has 140 valence electrons. The van der Waals surface area contributed by atoms with E-state index in [0.717, 1.165) is 34.1 Å². The summed E-state index contributed by atoms with van der Waals surface area (Å²) in [5.41, 5.74) is 2.32. The molecular formula is C20H20ClN3OS2. The highest BCUT2D eigenvalue weighted by molar-refractivity contribution is 8.00. The SMILES string of the molecule is Cc1nc(SCC(=O)NCc2ccccc2Cl)c2c3c(sc2n1)CCCC3. The minimum Gasteiger partial charge on any atom is -0.351 e. The van der Waals surface area contributed by atoms with E-state index in [0.29, 0.717) is 17.3 Å². The maximum Gasteiger partial charge on any atom is 0.230 e. The van der Waals surface area contributed by atoms with E-state index in [1.54, 1.807) is 11.3 Å². The molecule has 2 heterocycles. The number of carbonyl (C=O) groups is 1. The van der Waals surface area contributed by atoms with Crippen molar-refractivity contribution in [3.8, 4) is 0 Å². The second-order valence-corrected chi connectivity index (χ2v) is 9.08. The highest BCUT2D eigenvalue weighted by Crippen LogP contribution is 2.39. The predicted octanol–water partition coefficient (Wildman–Crippen LogP) is 4.94. The lowest BCUT2D eigenvalue weighted by Gasteiger charge is -2.12. The van der Waals surface area contributed by atoms with Crippen LogP contribution in [0.1, 0.15) is 34.7 Å². The maximum absolute atomic E-state index is 12.3. The summed E-state index contributed by atoms with van der Waals surface area (Å²) in [7, 11) is 0. The van der Waals surface area contributed by atoms with Crippen LogP contribution in [0.25, 0.3) is 10.2 Å². The second kappa shape index (κ2) is 8.17. The van der Waals surface area contributed by atoms with Gasteiger partial charge in [-0.2, -0.15) is 0 Å². The van der Waals surface area contributed by atoms with Gasteiger partial charge in [-0.25, -0.2) is 9.97 Å². The summed E-state index contributed by atoms with van der Waals surface area (Å²) in [6.45, 7) is 2.35. The van der Waals surface area contributed by atoms with Crippen LogP contribution < -0.4 is 5.32 Å². The van der Waals surface area contributed by atoms with Crippen LogP contribution in [0, 0.1) is 6.92 Å². The Morgan fingerprint density at radius 3 is 2.93 bits per heavy atom. The Labute approximate surface area is 171 Å². The van der Waals surface area contributed by atoms with E-state index in [2.05, 4.69) is 15.3 Å². The number of hydrogen-bond donors (Lipinski definition) is 1. The van der Waals surface area contributed by atoms with Gasteiger partial charge in [-0.3, -0.25) is 4.79 Å². The van der Waals surface area contributed by atoms with Gasteiger partial charge in [0.15, 0.2) is 0 Å². The van der Waals surface area contributed by atoms with E-state index in [-0.39, 0.29) is 5.91 Å². The lowest BCUT2D eigenvalue weighted by Crippen LogP contribution is -2.24. The molecule has 1 aromatic carbocycles. The van der Waals surface area contributed by atoms with Crippen LogP contribution >= 0.6 is 34.7 Å². The third-order valence-electron chi connectivity index (χ3n) is 4.67. The minimum absolute atomic E-state index is 0.0200. The number of benzene rings is 1. The van der Waals surface area contributed by atoms with Crippen LogP contribution in [0.4, 0.5) is 0 Å². The first-order valence-corrected chi connectivity index (χ1v) is 11.2. The number of aromatic nitrogens is 2. The highest BCUT2D eigenvalue weighted by Gasteiger charge is 2.21. The van der Waals surface area contributed by atoms with Crippen LogP contribution in [0.15, 0.2) is 29.3 Å². The summed E-state index contributed by atoms with van der Waals surface area (Å²) in [6, 6.07) is 7.55. The summed E-state index contributed by atoms with van der Waals surface area (Å²) < 4.78 is 0. The Hall–Kier alpha value is -1.63. The van der Waals surface area contributed by atoms with Gasteiger partial charge in [-0.05, 0) is 49.8 Å². The number of aryl methyl sites for hydroxylation is 3. The zero-order chi connectivity index (χ0) is 18.8. The number of carbonyl (C=O) groups excluding carboxylic acids is 1. The molecule has 4 nitrogen and oxygen atoms in total. The first-order valence-electron chi connectivity index (χ1n) is 9.03. The zero-order valence-corrected chi connectivity index (χ0v) is 17.4. The summed E-state index contributed by atoms with van der Waals surface area (Å²) in [6.07, 6.45) is 4.69. The van der Waals surface area contributed by atoms with Crippen molar-refractivity contribution in [2.75, 3.05) is 5.75 Å². The van der Waals surface area contributed by atoms with E-state index >= 15 is 0 Å². The van der Waals surface area contributed by atoms with Gasteiger partial charge in [0.2, 0.25) is 5.91 Å². The fourth-order valence-electron chi connectivity index (χ4n) is 3.35. The molecular weight excluding hydrogens is 398 g/mol. The van der Waals surface area contributed by atoms with Gasteiger partial charge in [0.05, 0.1) is 5.75 Å². The molecule has 0 atom stereocenters. The van der Waals surface area contributed by atoms with E-state index in [1.165, 1.54) is 40.4 Å². The molecule has 3 aromatic rings. The molecule has 1 N–H and O–H groups in total. The molecule has 0 saturated heterocycles. The number of fused-ring (bicyclic) bond motifs is 3. The van der Waals surface area contributed by atoms with Gasteiger partial charge < -0.3 is 5.32 Å². The fraction of sp³-hybridized carbons (Fsp3) is 0.350. The molecule has 0 saturated carbocycles.